The van der Waals surface area contributed by atoms with Gasteiger partial charge < -0.3 is 19.5 Å². The third kappa shape index (κ3) is 3.41. The van der Waals surface area contributed by atoms with Gasteiger partial charge in [0.25, 0.3) is 5.91 Å². The first-order valence-electron chi connectivity index (χ1n) is 7.58. The first-order valence-corrected chi connectivity index (χ1v) is 7.96. The Balaban J connectivity index is 1.67. The van der Waals surface area contributed by atoms with Crippen LogP contribution in [0.2, 0.25) is 5.02 Å². The monoisotopic (exact) mass is 347 g/mol. The van der Waals surface area contributed by atoms with Gasteiger partial charge >= 0.3 is 0 Å². The van der Waals surface area contributed by atoms with Crippen LogP contribution in [0.3, 0.4) is 0 Å². The van der Waals surface area contributed by atoms with Crippen molar-refractivity contribution < 1.29 is 19.0 Å². The smallest absolute Gasteiger partial charge is 0.265 e. The van der Waals surface area contributed by atoms with Crippen LogP contribution in [0.4, 0.5) is 5.69 Å². The van der Waals surface area contributed by atoms with Crippen LogP contribution in [-0.4, -0.2) is 18.8 Å². The fourth-order valence-electron chi connectivity index (χ4n) is 2.45. The zero-order chi connectivity index (χ0) is 17.3. The molecule has 1 unspecified atom stereocenters. The Morgan fingerprint density at radius 1 is 1.17 bits per heavy atom. The highest BCUT2D eigenvalue weighted by Gasteiger charge is 2.18. The highest BCUT2D eigenvalue weighted by Crippen LogP contribution is 2.34. The van der Waals surface area contributed by atoms with Crippen LogP contribution in [-0.2, 0) is 4.79 Å². The lowest BCUT2D eigenvalue weighted by atomic mass is 10.1. The molecular formula is C18H18ClNO4. The van der Waals surface area contributed by atoms with Crippen molar-refractivity contribution in [3.05, 3.63) is 46.5 Å². The quantitative estimate of drug-likeness (QED) is 0.905. The van der Waals surface area contributed by atoms with E-state index in [1.54, 1.807) is 25.1 Å². The molecule has 1 N–H and O–H groups in total. The molecule has 1 aliphatic rings. The van der Waals surface area contributed by atoms with Gasteiger partial charge in [0.1, 0.15) is 5.75 Å². The summed E-state index contributed by atoms with van der Waals surface area (Å²) in [6.07, 6.45) is -0.657. The molecule has 0 saturated carbocycles. The SMILES string of the molecule is Cc1cc(OC(C)C(=O)Nc2ccc3c(c2)OCO3)cc(C)c1Cl. The van der Waals surface area contributed by atoms with Crippen molar-refractivity contribution in [2.75, 3.05) is 12.1 Å². The van der Waals surface area contributed by atoms with Gasteiger partial charge in [0.05, 0.1) is 0 Å². The van der Waals surface area contributed by atoms with Gasteiger partial charge in [-0.3, -0.25) is 4.79 Å². The number of hydrogen-bond donors (Lipinski definition) is 1. The lowest BCUT2D eigenvalue weighted by Crippen LogP contribution is -2.30. The van der Waals surface area contributed by atoms with Gasteiger partial charge in [0.2, 0.25) is 6.79 Å². The van der Waals surface area contributed by atoms with Crippen LogP contribution in [0.15, 0.2) is 30.3 Å². The number of hydrogen-bond acceptors (Lipinski definition) is 4. The van der Waals surface area contributed by atoms with E-state index < -0.39 is 6.10 Å². The van der Waals surface area contributed by atoms with Crippen LogP contribution >= 0.6 is 11.6 Å². The predicted octanol–water partition coefficient (Wildman–Crippen LogP) is 4.09. The third-order valence-corrected chi connectivity index (χ3v) is 4.33. The molecule has 2 aromatic rings. The van der Waals surface area contributed by atoms with Gasteiger partial charge in [-0.2, -0.15) is 0 Å². The van der Waals surface area contributed by atoms with Gasteiger partial charge in [0, 0.05) is 16.8 Å². The molecule has 0 spiro atoms. The van der Waals surface area contributed by atoms with Crippen molar-refractivity contribution in [2.24, 2.45) is 0 Å². The second kappa shape index (κ2) is 6.61. The molecule has 1 atom stereocenters. The summed E-state index contributed by atoms with van der Waals surface area (Å²) < 4.78 is 16.3. The van der Waals surface area contributed by atoms with Crippen LogP contribution < -0.4 is 19.5 Å². The zero-order valence-corrected chi connectivity index (χ0v) is 14.4. The Bertz CT molecular complexity index is 768. The normalized spacial score (nSPS) is 13.5. The number of carbonyl (C=O) groups excluding carboxylic acids is 1. The minimum absolute atomic E-state index is 0.196. The summed E-state index contributed by atoms with van der Waals surface area (Å²) >= 11 is 6.15. The van der Waals surface area contributed by atoms with Gasteiger partial charge in [-0.05, 0) is 56.2 Å². The number of amides is 1. The van der Waals surface area contributed by atoms with E-state index in [1.807, 2.05) is 26.0 Å². The van der Waals surface area contributed by atoms with E-state index in [1.165, 1.54) is 0 Å². The maximum Gasteiger partial charge on any atom is 0.265 e. The van der Waals surface area contributed by atoms with Gasteiger partial charge in [-0.15, -0.1) is 0 Å². The predicted molar refractivity (Wildman–Crippen MR) is 92.2 cm³/mol. The number of benzene rings is 2. The number of ether oxygens (including phenoxy) is 3. The van der Waals surface area contributed by atoms with E-state index in [0.717, 1.165) is 11.1 Å². The Labute approximate surface area is 145 Å². The molecule has 5 nitrogen and oxygen atoms in total. The molecule has 1 heterocycles. The molecule has 24 heavy (non-hydrogen) atoms. The van der Waals surface area contributed by atoms with Crippen molar-refractivity contribution in [3.8, 4) is 17.2 Å². The van der Waals surface area contributed by atoms with Crippen LogP contribution in [0.5, 0.6) is 17.2 Å². The largest absolute Gasteiger partial charge is 0.481 e. The third-order valence-electron chi connectivity index (χ3n) is 3.73. The van der Waals surface area contributed by atoms with Crippen molar-refractivity contribution in [1.29, 1.82) is 0 Å². The van der Waals surface area contributed by atoms with E-state index in [9.17, 15) is 4.79 Å². The lowest BCUT2D eigenvalue weighted by Gasteiger charge is -2.16. The van der Waals surface area contributed by atoms with E-state index in [2.05, 4.69) is 5.32 Å². The lowest BCUT2D eigenvalue weighted by molar-refractivity contribution is -0.122. The molecule has 0 bridgehead atoms. The van der Waals surface area contributed by atoms with E-state index in [0.29, 0.717) is 28.0 Å². The number of anilines is 1. The van der Waals surface area contributed by atoms with E-state index >= 15 is 0 Å². The number of aryl methyl sites for hydroxylation is 2. The topological polar surface area (TPSA) is 56.8 Å². The van der Waals surface area contributed by atoms with Crippen molar-refractivity contribution >= 4 is 23.2 Å². The zero-order valence-electron chi connectivity index (χ0n) is 13.7. The average Bonchev–Trinajstić information content (AvgIpc) is 3.00. The molecule has 1 amide bonds. The molecule has 2 aromatic carbocycles. The maximum atomic E-state index is 12.3. The summed E-state index contributed by atoms with van der Waals surface area (Å²) in [5.74, 6) is 1.65. The van der Waals surface area contributed by atoms with Crippen molar-refractivity contribution in [3.63, 3.8) is 0 Å². The molecule has 3 rings (SSSR count). The standard InChI is InChI=1S/C18H18ClNO4/c1-10-6-14(7-11(2)17(10)19)24-12(3)18(21)20-13-4-5-15-16(8-13)23-9-22-15/h4-8,12H,9H2,1-3H3,(H,20,21). The number of halogens is 1. The maximum absolute atomic E-state index is 12.3. The van der Waals surface area contributed by atoms with Gasteiger partial charge in [0.15, 0.2) is 17.6 Å². The fourth-order valence-corrected chi connectivity index (χ4v) is 2.56. The van der Waals surface area contributed by atoms with E-state index in [-0.39, 0.29) is 12.7 Å². The molecule has 0 aliphatic carbocycles. The van der Waals surface area contributed by atoms with Crippen molar-refractivity contribution in [2.45, 2.75) is 26.9 Å². The second-order valence-corrected chi connectivity index (χ2v) is 6.07. The summed E-state index contributed by atoms with van der Waals surface area (Å²) in [5, 5.41) is 3.51. The molecule has 0 radical (unpaired) electrons. The van der Waals surface area contributed by atoms with Gasteiger partial charge in [-0.25, -0.2) is 0 Å². The Morgan fingerprint density at radius 3 is 2.54 bits per heavy atom. The van der Waals surface area contributed by atoms with Gasteiger partial charge in [-0.1, -0.05) is 11.6 Å². The van der Waals surface area contributed by atoms with Crippen LogP contribution in [0.1, 0.15) is 18.1 Å². The minimum atomic E-state index is -0.657. The second-order valence-electron chi connectivity index (χ2n) is 5.69. The van der Waals surface area contributed by atoms with Crippen LogP contribution in [0, 0.1) is 13.8 Å². The number of fused-ring (bicyclic) bond motifs is 1. The molecule has 0 fully saturated rings. The molecular weight excluding hydrogens is 330 g/mol. The molecule has 0 aromatic heterocycles. The first kappa shape index (κ1) is 16.5. The first-order chi connectivity index (χ1) is 11.4. The summed E-state index contributed by atoms with van der Waals surface area (Å²) in [6, 6.07) is 8.88. The summed E-state index contributed by atoms with van der Waals surface area (Å²) in [7, 11) is 0. The van der Waals surface area contributed by atoms with Crippen LogP contribution in [0.25, 0.3) is 0 Å². The highest BCUT2D eigenvalue weighted by atomic mass is 35.5. The Hall–Kier alpha value is -2.40. The number of nitrogens with one attached hydrogen (secondary N) is 1. The van der Waals surface area contributed by atoms with Crippen molar-refractivity contribution in [1.82, 2.24) is 0 Å². The summed E-state index contributed by atoms with van der Waals surface area (Å²) in [5.41, 5.74) is 2.45. The molecule has 126 valence electrons. The minimum Gasteiger partial charge on any atom is -0.481 e. The molecule has 1 aliphatic heterocycles. The molecule has 6 heteroatoms. The summed E-state index contributed by atoms with van der Waals surface area (Å²) in [6.45, 7) is 5.70. The fraction of sp³-hybridized carbons (Fsp3) is 0.278. The average molecular weight is 348 g/mol. The Kier molecular flexibility index (Phi) is 4.53. The number of carbonyl (C=O) groups is 1. The molecule has 0 saturated heterocycles. The summed E-state index contributed by atoms with van der Waals surface area (Å²) in [4.78, 5) is 12.3. The van der Waals surface area contributed by atoms with E-state index in [4.69, 9.17) is 25.8 Å². The highest BCUT2D eigenvalue weighted by molar-refractivity contribution is 6.32. The Morgan fingerprint density at radius 2 is 1.83 bits per heavy atom. The number of rotatable bonds is 4.